The third-order valence-electron chi connectivity index (χ3n) is 5.03. The molecule has 1 aliphatic heterocycles. The highest BCUT2D eigenvalue weighted by Gasteiger charge is 2.16. The summed E-state index contributed by atoms with van der Waals surface area (Å²) in [6.07, 6.45) is 3.80. The summed E-state index contributed by atoms with van der Waals surface area (Å²) in [4.78, 5) is 16.6. The number of hydrogen-bond acceptors (Lipinski definition) is 5. The van der Waals surface area contributed by atoms with E-state index < -0.39 is 0 Å². The number of halogens is 1. The normalized spacial score (nSPS) is 14.2. The number of fused-ring (bicyclic) bond motifs is 1. The minimum atomic E-state index is -0.0499. The number of nitrogens with one attached hydrogen (secondary N) is 2. The molecule has 2 heterocycles. The molecule has 0 aliphatic carbocycles. The van der Waals surface area contributed by atoms with Gasteiger partial charge in [0.25, 0.3) is 0 Å². The fourth-order valence-electron chi connectivity index (χ4n) is 3.44. The maximum Gasteiger partial charge on any atom is 0.345 e. The first-order valence-electron chi connectivity index (χ1n) is 10.5. The van der Waals surface area contributed by atoms with E-state index in [0.717, 1.165) is 49.6 Å². The fourth-order valence-corrected chi connectivity index (χ4v) is 3.44. The van der Waals surface area contributed by atoms with Gasteiger partial charge in [-0.25, -0.2) is 9.48 Å². The molecule has 9 nitrogen and oxygen atoms in total. The van der Waals surface area contributed by atoms with Gasteiger partial charge < -0.3 is 20.1 Å². The molecule has 1 unspecified atom stereocenters. The van der Waals surface area contributed by atoms with Crippen molar-refractivity contribution in [2.45, 2.75) is 51.8 Å². The average Bonchev–Trinajstić information content (AvgIpc) is 3.09. The molecule has 1 aromatic carbocycles. The van der Waals surface area contributed by atoms with Gasteiger partial charge in [-0.1, -0.05) is 6.07 Å². The highest BCUT2D eigenvalue weighted by molar-refractivity contribution is 14.0. The lowest BCUT2D eigenvalue weighted by molar-refractivity contribution is 0.223. The average molecular weight is 544 g/mol. The molecule has 1 aliphatic rings. The summed E-state index contributed by atoms with van der Waals surface area (Å²) < 4.78 is 14.5. The predicted octanol–water partition coefficient (Wildman–Crippen LogP) is 2.03. The second-order valence-electron chi connectivity index (χ2n) is 7.37. The van der Waals surface area contributed by atoms with E-state index in [0.29, 0.717) is 25.6 Å². The number of ether oxygens (including phenoxy) is 2. The molecule has 0 spiro atoms. The molecule has 0 amide bonds. The van der Waals surface area contributed by atoms with Crippen LogP contribution in [0.5, 0.6) is 11.5 Å². The van der Waals surface area contributed by atoms with Crippen LogP contribution in [0.3, 0.4) is 0 Å². The Hall–Kier alpha value is -2.24. The molecule has 1 atom stereocenters. The number of aromatic nitrogens is 3. The molecule has 0 bridgehead atoms. The monoisotopic (exact) mass is 544 g/mol. The first-order valence-corrected chi connectivity index (χ1v) is 10.5. The van der Waals surface area contributed by atoms with Crippen molar-refractivity contribution in [3.05, 3.63) is 40.6 Å². The minimum absolute atomic E-state index is 0. The number of rotatable bonds is 9. The molecule has 1 aromatic heterocycles. The maximum atomic E-state index is 12.4. The van der Waals surface area contributed by atoms with Crippen molar-refractivity contribution in [2.24, 2.45) is 4.99 Å². The zero-order valence-corrected chi connectivity index (χ0v) is 20.8. The van der Waals surface area contributed by atoms with Crippen molar-refractivity contribution >= 4 is 29.9 Å². The quantitative estimate of drug-likeness (QED) is 0.217. The van der Waals surface area contributed by atoms with Gasteiger partial charge in [0.05, 0.1) is 13.7 Å². The van der Waals surface area contributed by atoms with E-state index in [1.165, 1.54) is 0 Å². The van der Waals surface area contributed by atoms with Gasteiger partial charge in [0, 0.05) is 39.2 Å². The molecule has 3 rings (SSSR count). The topological polar surface area (TPSA) is 94.7 Å². The summed E-state index contributed by atoms with van der Waals surface area (Å²) in [6, 6.07) is 7.55. The van der Waals surface area contributed by atoms with Crippen molar-refractivity contribution in [3.63, 3.8) is 0 Å². The number of benzene rings is 1. The van der Waals surface area contributed by atoms with Gasteiger partial charge >= 0.3 is 5.69 Å². The highest BCUT2D eigenvalue weighted by Crippen LogP contribution is 2.19. The lowest BCUT2D eigenvalue weighted by Crippen LogP contribution is -2.42. The van der Waals surface area contributed by atoms with Gasteiger partial charge in [0.1, 0.15) is 23.4 Å². The van der Waals surface area contributed by atoms with E-state index in [2.05, 4.69) is 20.7 Å². The largest absolute Gasteiger partial charge is 0.497 e. The molecule has 0 saturated heterocycles. The van der Waals surface area contributed by atoms with Gasteiger partial charge in [0.2, 0.25) is 0 Å². The van der Waals surface area contributed by atoms with Crippen molar-refractivity contribution in [2.75, 3.05) is 27.2 Å². The predicted molar refractivity (Wildman–Crippen MR) is 132 cm³/mol. The molecule has 10 heteroatoms. The Kier molecular flexibility index (Phi) is 10.2. The fraction of sp³-hybridized carbons (Fsp3) is 0.571. The molecular formula is C21H33IN6O3. The van der Waals surface area contributed by atoms with Gasteiger partial charge in [-0.15, -0.1) is 24.0 Å². The number of hydrogen-bond donors (Lipinski definition) is 2. The minimum Gasteiger partial charge on any atom is -0.497 e. The van der Waals surface area contributed by atoms with Crippen LogP contribution in [0.4, 0.5) is 0 Å². The van der Waals surface area contributed by atoms with Crippen LogP contribution in [0.2, 0.25) is 0 Å². The van der Waals surface area contributed by atoms with Gasteiger partial charge in [-0.3, -0.25) is 9.56 Å². The van der Waals surface area contributed by atoms with E-state index in [4.69, 9.17) is 9.47 Å². The molecule has 172 valence electrons. The summed E-state index contributed by atoms with van der Waals surface area (Å²) in [5.41, 5.74) is 0.00993. The Bertz CT molecular complexity index is 911. The van der Waals surface area contributed by atoms with Gasteiger partial charge in [-0.2, -0.15) is 5.10 Å². The molecule has 31 heavy (non-hydrogen) atoms. The molecule has 2 aromatic rings. The molecular weight excluding hydrogens is 511 g/mol. The van der Waals surface area contributed by atoms with Crippen LogP contribution >= 0.6 is 24.0 Å². The Morgan fingerprint density at radius 3 is 2.84 bits per heavy atom. The summed E-state index contributed by atoms with van der Waals surface area (Å²) in [5.74, 6) is 3.15. The van der Waals surface area contributed by atoms with Crippen LogP contribution in [0.1, 0.15) is 32.0 Å². The smallest absolute Gasteiger partial charge is 0.345 e. The lowest BCUT2D eigenvalue weighted by Gasteiger charge is -2.18. The molecule has 0 radical (unpaired) electrons. The summed E-state index contributed by atoms with van der Waals surface area (Å²) in [7, 11) is 3.37. The van der Waals surface area contributed by atoms with Crippen molar-refractivity contribution in [1.82, 2.24) is 25.0 Å². The first kappa shape index (κ1) is 25.0. The highest BCUT2D eigenvalue weighted by atomic mass is 127. The van der Waals surface area contributed by atoms with Crippen LogP contribution in [0.25, 0.3) is 0 Å². The summed E-state index contributed by atoms with van der Waals surface area (Å²) >= 11 is 0. The number of guanidine groups is 1. The maximum absolute atomic E-state index is 12.4. The summed E-state index contributed by atoms with van der Waals surface area (Å²) in [6.45, 7) is 4.67. The molecule has 2 N–H and O–H groups in total. The van der Waals surface area contributed by atoms with Gasteiger partial charge in [0.15, 0.2) is 5.96 Å². The van der Waals surface area contributed by atoms with Crippen molar-refractivity contribution in [1.29, 1.82) is 0 Å². The SMILES string of the molecule is CN=C(NCCCn1nc2n(c1=O)CCCC2)NCC(C)Oc1cccc(OC)c1.I. The van der Waals surface area contributed by atoms with Crippen LogP contribution in [-0.4, -0.2) is 53.7 Å². The number of nitrogens with zero attached hydrogens (tertiary/aromatic N) is 4. The van der Waals surface area contributed by atoms with E-state index in [1.807, 2.05) is 31.2 Å². The molecule has 0 saturated carbocycles. The standard InChI is InChI=1S/C21H32N6O3.HI/c1-16(30-18-9-6-8-17(14-18)29-3)15-24-20(22-2)23-11-7-13-27-21(28)26-12-5-4-10-19(26)25-27;/h6,8-9,14,16H,4-5,7,10-13,15H2,1-3H3,(H2,22,23,24);1H. The van der Waals surface area contributed by atoms with E-state index in [-0.39, 0.29) is 35.8 Å². The van der Waals surface area contributed by atoms with E-state index >= 15 is 0 Å². The number of aliphatic imine (C=N–C) groups is 1. The zero-order chi connectivity index (χ0) is 21.3. The summed E-state index contributed by atoms with van der Waals surface area (Å²) in [5, 5.41) is 11.0. The van der Waals surface area contributed by atoms with Crippen LogP contribution in [0, 0.1) is 0 Å². The van der Waals surface area contributed by atoms with Crippen molar-refractivity contribution < 1.29 is 9.47 Å². The second kappa shape index (κ2) is 12.6. The Morgan fingerprint density at radius 1 is 1.29 bits per heavy atom. The van der Waals surface area contributed by atoms with Crippen LogP contribution < -0.4 is 25.8 Å². The number of aryl methyl sites for hydroxylation is 2. The van der Waals surface area contributed by atoms with E-state index in [9.17, 15) is 4.79 Å². The van der Waals surface area contributed by atoms with Crippen LogP contribution in [0.15, 0.2) is 34.1 Å². The number of methoxy groups -OCH3 is 1. The van der Waals surface area contributed by atoms with Crippen LogP contribution in [-0.2, 0) is 19.5 Å². The second-order valence-corrected chi connectivity index (χ2v) is 7.37. The Balaban J connectivity index is 0.00000341. The Labute approximate surface area is 200 Å². The Morgan fingerprint density at radius 2 is 2.10 bits per heavy atom. The zero-order valence-electron chi connectivity index (χ0n) is 18.5. The third kappa shape index (κ3) is 7.15. The third-order valence-corrected chi connectivity index (χ3v) is 5.03. The van der Waals surface area contributed by atoms with Crippen molar-refractivity contribution in [3.8, 4) is 11.5 Å². The lowest BCUT2D eigenvalue weighted by atomic mass is 10.2. The van der Waals surface area contributed by atoms with E-state index in [1.54, 1.807) is 23.4 Å². The van der Waals surface area contributed by atoms with Gasteiger partial charge in [-0.05, 0) is 38.3 Å². The first-order chi connectivity index (χ1) is 14.6. The molecule has 0 fully saturated rings.